The molecule has 6 rings (SSSR count). The van der Waals surface area contributed by atoms with Crippen LogP contribution in [-0.2, 0) is 4.74 Å². The van der Waals surface area contributed by atoms with Crippen LogP contribution < -0.4 is 17.2 Å². The number of ether oxygens (including phenoxy) is 1. The number of amidine groups is 2. The highest BCUT2D eigenvalue weighted by Crippen LogP contribution is 2.29. The molecule has 0 bridgehead atoms. The van der Waals surface area contributed by atoms with Crippen molar-refractivity contribution in [3.8, 4) is 22.5 Å². The van der Waals surface area contributed by atoms with Gasteiger partial charge in [0.15, 0.2) is 0 Å². The molecule has 0 atom stereocenters. The minimum atomic E-state index is 0.477. The average molecular weight is 549 g/mol. The highest BCUT2D eigenvalue weighted by Gasteiger charge is 2.11. The molecule has 9 nitrogen and oxygen atoms in total. The van der Waals surface area contributed by atoms with E-state index in [2.05, 4.69) is 79.4 Å². The number of nitrogens with one attached hydrogen (secondary N) is 2. The zero-order valence-corrected chi connectivity index (χ0v) is 23.1. The summed E-state index contributed by atoms with van der Waals surface area (Å²) in [6.45, 7) is 6.06. The summed E-state index contributed by atoms with van der Waals surface area (Å²) in [5.41, 5.74) is 26.2. The van der Waals surface area contributed by atoms with Crippen molar-refractivity contribution in [1.82, 2.24) is 14.9 Å². The second kappa shape index (κ2) is 12.0. The number of nitrogens with two attached hydrogens (primary N) is 3. The molecule has 0 saturated carbocycles. The molecule has 0 radical (unpaired) electrons. The Bertz CT molecular complexity index is 1710. The van der Waals surface area contributed by atoms with Gasteiger partial charge in [0.2, 0.25) is 0 Å². The van der Waals surface area contributed by atoms with Crippen molar-refractivity contribution in [1.29, 1.82) is 0 Å². The molecular formula is C32H36N8O. The van der Waals surface area contributed by atoms with Crippen LogP contribution in [0.5, 0.6) is 0 Å². The van der Waals surface area contributed by atoms with E-state index in [1.165, 1.54) is 0 Å². The van der Waals surface area contributed by atoms with E-state index in [1.54, 1.807) is 0 Å². The standard InChI is InChI=1S/C32H36N8O/c33-9-10-36-31(34)25-7-5-23-17-27(38-29(23)19-25)21-1-3-22(4-2-21)28-18-24-6-8-26(20-30(24)39-28)32(35)37-11-12-40-13-15-41-16-14-40/h1-8,17-20,38-39H,9-16,33H2,(H2,34,36)(H2,35,37). The largest absolute Gasteiger partial charge is 0.384 e. The van der Waals surface area contributed by atoms with Gasteiger partial charge < -0.3 is 31.9 Å². The molecule has 0 aliphatic carbocycles. The third kappa shape index (κ3) is 6.02. The van der Waals surface area contributed by atoms with Crippen LogP contribution in [0.1, 0.15) is 11.1 Å². The zero-order valence-electron chi connectivity index (χ0n) is 23.1. The van der Waals surface area contributed by atoms with Gasteiger partial charge in [-0.05, 0) is 35.4 Å². The lowest BCUT2D eigenvalue weighted by atomic mass is 10.1. The first kappa shape index (κ1) is 26.8. The Kier molecular flexibility index (Phi) is 7.82. The average Bonchev–Trinajstić information content (AvgIpc) is 3.64. The molecule has 0 unspecified atom stereocenters. The fraction of sp³-hybridized carbons (Fsp3) is 0.250. The normalized spacial score (nSPS) is 15.2. The number of aromatic amines is 2. The van der Waals surface area contributed by atoms with Crippen LogP contribution in [0.25, 0.3) is 44.3 Å². The van der Waals surface area contributed by atoms with Gasteiger partial charge in [0.1, 0.15) is 11.7 Å². The van der Waals surface area contributed by atoms with Crippen LogP contribution in [0, 0.1) is 0 Å². The van der Waals surface area contributed by atoms with E-state index in [0.717, 1.165) is 88.3 Å². The summed E-state index contributed by atoms with van der Waals surface area (Å²) >= 11 is 0. The second-order valence-electron chi connectivity index (χ2n) is 10.3. The molecule has 0 spiro atoms. The first-order valence-corrected chi connectivity index (χ1v) is 14.0. The highest BCUT2D eigenvalue weighted by atomic mass is 16.5. The molecule has 1 saturated heterocycles. The van der Waals surface area contributed by atoms with Crippen LogP contribution in [0.15, 0.2) is 82.8 Å². The summed E-state index contributed by atoms with van der Waals surface area (Å²) in [4.78, 5) is 18.4. The lowest BCUT2D eigenvalue weighted by Crippen LogP contribution is -2.38. The molecule has 210 valence electrons. The summed E-state index contributed by atoms with van der Waals surface area (Å²) in [6, 6.07) is 25.1. The maximum absolute atomic E-state index is 6.33. The number of hydrogen-bond acceptors (Lipinski definition) is 5. The predicted molar refractivity (Wildman–Crippen MR) is 169 cm³/mol. The van der Waals surface area contributed by atoms with Crippen LogP contribution >= 0.6 is 0 Å². The number of aromatic nitrogens is 2. The summed E-state index contributed by atoms with van der Waals surface area (Å²) in [5.74, 6) is 1.07. The Balaban J connectivity index is 1.17. The number of rotatable bonds is 9. The molecule has 1 aliphatic heterocycles. The monoisotopic (exact) mass is 548 g/mol. The van der Waals surface area contributed by atoms with Crippen molar-refractivity contribution >= 4 is 33.5 Å². The maximum Gasteiger partial charge on any atom is 0.125 e. The van der Waals surface area contributed by atoms with Gasteiger partial charge >= 0.3 is 0 Å². The summed E-state index contributed by atoms with van der Waals surface area (Å²) in [5, 5.41) is 2.25. The molecule has 9 heteroatoms. The lowest BCUT2D eigenvalue weighted by Gasteiger charge is -2.25. The molecular weight excluding hydrogens is 512 g/mol. The van der Waals surface area contributed by atoms with Gasteiger partial charge in [-0.25, -0.2) is 0 Å². The van der Waals surface area contributed by atoms with Gasteiger partial charge in [0, 0.05) is 70.5 Å². The number of benzene rings is 3. The number of fused-ring (bicyclic) bond motifs is 2. The fourth-order valence-electron chi connectivity index (χ4n) is 5.22. The van der Waals surface area contributed by atoms with Crippen LogP contribution in [0.3, 0.4) is 0 Å². The Morgan fingerprint density at radius 1 is 0.707 bits per heavy atom. The minimum absolute atomic E-state index is 0.477. The lowest BCUT2D eigenvalue weighted by molar-refractivity contribution is 0.0394. The Morgan fingerprint density at radius 3 is 1.73 bits per heavy atom. The second-order valence-corrected chi connectivity index (χ2v) is 10.3. The van der Waals surface area contributed by atoms with E-state index in [-0.39, 0.29) is 0 Å². The molecule has 0 amide bonds. The van der Waals surface area contributed by atoms with Gasteiger partial charge in [-0.2, -0.15) is 0 Å². The molecule has 3 aromatic carbocycles. The van der Waals surface area contributed by atoms with E-state index in [0.29, 0.717) is 31.3 Å². The summed E-state index contributed by atoms with van der Waals surface area (Å²) in [7, 11) is 0. The summed E-state index contributed by atoms with van der Waals surface area (Å²) < 4.78 is 5.41. The van der Waals surface area contributed by atoms with Crippen molar-refractivity contribution in [2.24, 2.45) is 27.2 Å². The summed E-state index contributed by atoms with van der Waals surface area (Å²) in [6.07, 6.45) is 0. The Morgan fingerprint density at radius 2 is 1.22 bits per heavy atom. The van der Waals surface area contributed by atoms with Gasteiger partial charge in [0.25, 0.3) is 0 Å². The fourth-order valence-corrected chi connectivity index (χ4v) is 5.22. The van der Waals surface area contributed by atoms with Crippen molar-refractivity contribution in [2.75, 3.05) is 52.5 Å². The van der Waals surface area contributed by atoms with Crippen LogP contribution in [0.4, 0.5) is 0 Å². The molecule has 2 aromatic heterocycles. The first-order chi connectivity index (χ1) is 20.1. The molecule has 1 fully saturated rings. The SMILES string of the molecule is NCC/N=C(\N)c1ccc2cc(-c3ccc(-c4cc5ccc(/C(N)=N/CCN6CCOCC6)cc5[nH]4)cc3)[nH]c2c1. The van der Waals surface area contributed by atoms with Gasteiger partial charge in [-0.1, -0.05) is 48.5 Å². The van der Waals surface area contributed by atoms with Gasteiger partial charge in [-0.15, -0.1) is 0 Å². The smallest absolute Gasteiger partial charge is 0.125 e. The molecule has 8 N–H and O–H groups in total. The number of hydrogen-bond donors (Lipinski definition) is 5. The van der Waals surface area contributed by atoms with Crippen molar-refractivity contribution in [3.63, 3.8) is 0 Å². The number of morpholine rings is 1. The van der Waals surface area contributed by atoms with E-state index < -0.39 is 0 Å². The van der Waals surface area contributed by atoms with Crippen molar-refractivity contribution < 1.29 is 4.74 Å². The van der Waals surface area contributed by atoms with E-state index in [1.807, 2.05) is 18.2 Å². The third-order valence-electron chi connectivity index (χ3n) is 7.56. The van der Waals surface area contributed by atoms with Crippen molar-refractivity contribution in [2.45, 2.75) is 0 Å². The van der Waals surface area contributed by atoms with Crippen LogP contribution in [0.2, 0.25) is 0 Å². The number of aliphatic imine (C=N–C) groups is 2. The maximum atomic E-state index is 6.33. The quantitative estimate of drug-likeness (QED) is 0.141. The first-order valence-electron chi connectivity index (χ1n) is 14.0. The third-order valence-corrected chi connectivity index (χ3v) is 7.56. The topological polar surface area (TPSA) is 147 Å². The predicted octanol–water partition coefficient (Wildman–Crippen LogP) is 3.68. The number of nitrogens with zero attached hydrogens (tertiary/aromatic N) is 3. The zero-order chi connectivity index (χ0) is 28.2. The van der Waals surface area contributed by atoms with E-state index in [4.69, 9.17) is 21.9 Å². The molecule has 41 heavy (non-hydrogen) atoms. The minimum Gasteiger partial charge on any atom is -0.384 e. The van der Waals surface area contributed by atoms with Gasteiger partial charge in [-0.3, -0.25) is 14.9 Å². The Labute approximate surface area is 239 Å². The highest BCUT2D eigenvalue weighted by molar-refractivity contribution is 6.02. The molecule has 1 aliphatic rings. The van der Waals surface area contributed by atoms with Gasteiger partial charge in [0.05, 0.1) is 26.3 Å². The number of H-pyrrole nitrogens is 2. The van der Waals surface area contributed by atoms with E-state index in [9.17, 15) is 0 Å². The van der Waals surface area contributed by atoms with E-state index >= 15 is 0 Å². The molecule has 3 heterocycles. The van der Waals surface area contributed by atoms with Crippen molar-refractivity contribution in [3.05, 3.63) is 83.9 Å². The Hall–Kier alpha value is -4.44. The molecule has 5 aromatic rings. The van der Waals surface area contributed by atoms with Crippen LogP contribution in [-0.4, -0.2) is 79.0 Å².